The molecule has 0 fully saturated rings. The molecular formula is C14H21ClFN. The van der Waals surface area contributed by atoms with Gasteiger partial charge in [0.15, 0.2) is 0 Å². The lowest BCUT2D eigenvalue weighted by Gasteiger charge is -2.18. The van der Waals surface area contributed by atoms with Crippen LogP contribution in [-0.2, 0) is 6.42 Å². The summed E-state index contributed by atoms with van der Waals surface area (Å²) in [5.74, 6) is 0.294. The Bertz CT molecular complexity index is 352. The molecule has 17 heavy (non-hydrogen) atoms. The van der Waals surface area contributed by atoms with Crippen LogP contribution in [0.5, 0.6) is 0 Å². The van der Waals surface area contributed by atoms with Crippen molar-refractivity contribution in [2.75, 3.05) is 6.54 Å². The molecule has 0 aliphatic carbocycles. The van der Waals surface area contributed by atoms with E-state index >= 15 is 0 Å². The van der Waals surface area contributed by atoms with Gasteiger partial charge in [-0.2, -0.15) is 0 Å². The van der Waals surface area contributed by atoms with Crippen LogP contribution in [0.4, 0.5) is 4.39 Å². The summed E-state index contributed by atoms with van der Waals surface area (Å²) in [7, 11) is 0. The number of rotatable bonds is 6. The maximum atomic E-state index is 13.6. The molecule has 0 heterocycles. The molecule has 3 heteroatoms. The monoisotopic (exact) mass is 257 g/mol. The van der Waals surface area contributed by atoms with E-state index < -0.39 is 0 Å². The van der Waals surface area contributed by atoms with Gasteiger partial charge in [0.05, 0.1) is 0 Å². The Morgan fingerprint density at radius 1 is 1.35 bits per heavy atom. The fraction of sp³-hybridized carbons (Fsp3) is 0.571. The number of nitrogens with one attached hydrogen (secondary N) is 1. The van der Waals surface area contributed by atoms with E-state index in [0.717, 1.165) is 24.9 Å². The largest absolute Gasteiger partial charge is 0.314 e. The molecule has 1 aromatic carbocycles. The van der Waals surface area contributed by atoms with E-state index in [9.17, 15) is 4.39 Å². The van der Waals surface area contributed by atoms with Crippen LogP contribution in [0, 0.1) is 11.7 Å². The highest BCUT2D eigenvalue weighted by Gasteiger charge is 2.11. The first-order valence-corrected chi connectivity index (χ1v) is 6.58. The Morgan fingerprint density at radius 2 is 2.06 bits per heavy atom. The van der Waals surface area contributed by atoms with Crippen molar-refractivity contribution in [3.63, 3.8) is 0 Å². The molecule has 96 valence electrons. The predicted octanol–water partition coefficient (Wildman–Crippen LogP) is 4.05. The molecule has 0 radical (unpaired) electrons. The van der Waals surface area contributed by atoms with Crippen LogP contribution in [0.25, 0.3) is 0 Å². The molecular weight excluding hydrogens is 237 g/mol. The van der Waals surface area contributed by atoms with Crippen molar-refractivity contribution in [1.29, 1.82) is 0 Å². The minimum atomic E-state index is -0.155. The van der Waals surface area contributed by atoms with Gasteiger partial charge in [0, 0.05) is 11.1 Å². The maximum absolute atomic E-state index is 13.6. The van der Waals surface area contributed by atoms with Gasteiger partial charge in [-0.05, 0) is 42.6 Å². The smallest absolute Gasteiger partial charge is 0.126 e. The van der Waals surface area contributed by atoms with Gasteiger partial charge < -0.3 is 5.32 Å². The van der Waals surface area contributed by atoms with Crippen LogP contribution in [-0.4, -0.2) is 12.6 Å². The molecule has 1 N–H and O–H groups in total. The van der Waals surface area contributed by atoms with Gasteiger partial charge in [-0.15, -0.1) is 0 Å². The van der Waals surface area contributed by atoms with E-state index in [1.165, 1.54) is 6.07 Å². The normalized spacial score (nSPS) is 13.1. The summed E-state index contributed by atoms with van der Waals surface area (Å²) in [4.78, 5) is 0. The zero-order valence-corrected chi connectivity index (χ0v) is 11.5. The SMILES string of the molecule is CCC(CNC(C)C)Cc1cc(Cl)ccc1F. The van der Waals surface area contributed by atoms with Gasteiger partial charge in [0.1, 0.15) is 5.82 Å². The molecule has 1 aromatic rings. The number of benzene rings is 1. The van der Waals surface area contributed by atoms with Gasteiger partial charge in [-0.1, -0.05) is 38.8 Å². The van der Waals surface area contributed by atoms with E-state index in [2.05, 4.69) is 26.1 Å². The summed E-state index contributed by atoms with van der Waals surface area (Å²) >= 11 is 5.89. The Balaban J connectivity index is 2.63. The van der Waals surface area contributed by atoms with Crippen LogP contribution in [0.15, 0.2) is 18.2 Å². The summed E-state index contributed by atoms with van der Waals surface area (Å²) in [6.07, 6.45) is 1.77. The minimum Gasteiger partial charge on any atom is -0.314 e. The van der Waals surface area contributed by atoms with E-state index in [-0.39, 0.29) is 5.82 Å². The summed E-state index contributed by atoms with van der Waals surface area (Å²) < 4.78 is 13.6. The second-order valence-electron chi connectivity index (χ2n) is 4.78. The highest BCUT2D eigenvalue weighted by atomic mass is 35.5. The van der Waals surface area contributed by atoms with Crippen molar-refractivity contribution < 1.29 is 4.39 Å². The van der Waals surface area contributed by atoms with Crippen molar-refractivity contribution in [2.45, 2.75) is 39.7 Å². The zero-order valence-electron chi connectivity index (χ0n) is 10.8. The first-order chi connectivity index (χ1) is 8.02. The first-order valence-electron chi connectivity index (χ1n) is 6.20. The lowest BCUT2D eigenvalue weighted by molar-refractivity contribution is 0.429. The Morgan fingerprint density at radius 3 is 2.65 bits per heavy atom. The molecule has 1 rings (SSSR count). The fourth-order valence-electron chi connectivity index (χ4n) is 1.77. The van der Waals surface area contributed by atoms with Crippen LogP contribution < -0.4 is 5.32 Å². The van der Waals surface area contributed by atoms with E-state index in [1.807, 2.05) is 0 Å². The molecule has 1 atom stereocenters. The topological polar surface area (TPSA) is 12.0 Å². The highest BCUT2D eigenvalue weighted by Crippen LogP contribution is 2.19. The summed E-state index contributed by atoms with van der Waals surface area (Å²) in [5.41, 5.74) is 0.718. The van der Waals surface area contributed by atoms with Crippen LogP contribution in [0.3, 0.4) is 0 Å². The lowest BCUT2D eigenvalue weighted by atomic mass is 9.96. The molecule has 0 aliphatic heterocycles. The second kappa shape index (κ2) is 6.97. The Labute approximate surface area is 108 Å². The van der Waals surface area contributed by atoms with Crippen molar-refractivity contribution in [1.82, 2.24) is 5.32 Å². The van der Waals surface area contributed by atoms with Crippen LogP contribution in [0.1, 0.15) is 32.8 Å². The minimum absolute atomic E-state index is 0.155. The average Bonchev–Trinajstić information content (AvgIpc) is 2.28. The molecule has 0 saturated carbocycles. The van der Waals surface area contributed by atoms with Crippen molar-refractivity contribution >= 4 is 11.6 Å². The molecule has 1 nitrogen and oxygen atoms in total. The third-order valence-corrected chi connectivity index (χ3v) is 3.14. The molecule has 0 bridgehead atoms. The van der Waals surface area contributed by atoms with E-state index in [0.29, 0.717) is 17.0 Å². The molecule has 0 saturated heterocycles. The van der Waals surface area contributed by atoms with Gasteiger partial charge >= 0.3 is 0 Å². The maximum Gasteiger partial charge on any atom is 0.126 e. The standard InChI is InChI=1S/C14H21ClFN/c1-4-11(9-17-10(2)3)7-12-8-13(15)5-6-14(12)16/h5-6,8,10-11,17H,4,7,9H2,1-3H3. The second-order valence-corrected chi connectivity index (χ2v) is 5.21. The van der Waals surface area contributed by atoms with Gasteiger partial charge in [-0.3, -0.25) is 0 Å². The number of halogens is 2. The first kappa shape index (κ1) is 14.5. The Hall–Kier alpha value is -0.600. The fourth-order valence-corrected chi connectivity index (χ4v) is 1.97. The van der Waals surface area contributed by atoms with Crippen LogP contribution in [0.2, 0.25) is 5.02 Å². The van der Waals surface area contributed by atoms with Crippen LogP contribution >= 0.6 is 11.6 Å². The lowest BCUT2D eigenvalue weighted by Crippen LogP contribution is -2.29. The highest BCUT2D eigenvalue weighted by molar-refractivity contribution is 6.30. The molecule has 0 spiro atoms. The van der Waals surface area contributed by atoms with Gasteiger partial charge in [0.2, 0.25) is 0 Å². The van der Waals surface area contributed by atoms with Crippen molar-refractivity contribution in [3.05, 3.63) is 34.6 Å². The summed E-state index contributed by atoms with van der Waals surface area (Å²) in [6.45, 7) is 7.29. The molecule has 0 amide bonds. The quantitative estimate of drug-likeness (QED) is 0.811. The van der Waals surface area contributed by atoms with Gasteiger partial charge in [0.25, 0.3) is 0 Å². The van der Waals surface area contributed by atoms with Crippen molar-refractivity contribution in [2.24, 2.45) is 5.92 Å². The molecule has 0 aromatic heterocycles. The average molecular weight is 258 g/mol. The molecule has 0 aliphatic rings. The Kier molecular flexibility index (Phi) is 5.93. The summed E-state index contributed by atoms with van der Waals surface area (Å²) in [5, 5.41) is 4.00. The zero-order chi connectivity index (χ0) is 12.8. The third kappa shape index (κ3) is 5.05. The number of hydrogen-bond acceptors (Lipinski definition) is 1. The van der Waals surface area contributed by atoms with E-state index in [1.54, 1.807) is 12.1 Å². The van der Waals surface area contributed by atoms with Gasteiger partial charge in [-0.25, -0.2) is 4.39 Å². The number of hydrogen-bond donors (Lipinski definition) is 1. The third-order valence-electron chi connectivity index (χ3n) is 2.91. The van der Waals surface area contributed by atoms with Crippen molar-refractivity contribution in [3.8, 4) is 0 Å². The predicted molar refractivity (Wildman–Crippen MR) is 72.0 cm³/mol. The molecule has 1 unspecified atom stereocenters. The van der Waals surface area contributed by atoms with E-state index in [4.69, 9.17) is 11.6 Å². The summed E-state index contributed by atoms with van der Waals surface area (Å²) in [6, 6.07) is 5.23.